The van der Waals surface area contributed by atoms with Crippen LogP contribution in [0.3, 0.4) is 0 Å². The fourth-order valence-electron chi connectivity index (χ4n) is 1.55. The molecular formula is C13H10BrF2N. The van der Waals surface area contributed by atoms with E-state index in [1.165, 1.54) is 6.07 Å². The van der Waals surface area contributed by atoms with Crippen LogP contribution in [-0.2, 0) is 6.42 Å². The van der Waals surface area contributed by atoms with Gasteiger partial charge < -0.3 is 0 Å². The quantitative estimate of drug-likeness (QED) is 0.779. The standard InChI is InChI=1S/C13H10BrF2N/c14-11(10-2-1-5-17-8-10)6-9-3-4-12(15)13(16)7-9/h1-5,7-8,11H,6H2. The third kappa shape index (κ3) is 3.09. The van der Waals surface area contributed by atoms with Crippen molar-refractivity contribution >= 4 is 15.9 Å². The molecule has 0 aliphatic carbocycles. The van der Waals surface area contributed by atoms with Gasteiger partial charge in [0, 0.05) is 17.2 Å². The Bertz CT molecular complexity index is 502. The van der Waals surface area contributed by atoms with E-state index < -0.39 is 11.6 Å². The van der Waals surface area contributed by atoms with Crippen molar-refractivity contribution in [2.24, 2.45) is 0 Å². The average Bonchev–Trinajstić information content (AvgIpc) is 2.35. The summed E-state index contributed by atoms with van der Waals surface area (Å²) in [6, 6.07) is 7.73. The van der Waals surface area contributed by atoms with Gasteiger partial charge in [-0.25, -0.2) is 8.78 Å². The first-order valence-electron chi connectivity index (χ1n) is 5.15. The molecule has 0 N–H and O–H groups in total. The van der Waals surface area contributed by atoms with E-state index >= 15 is 0 Å². The van der Waals surface area contributed by atoms with Crippen LogP contribution < -0.4 is 0 Å². The second-order valence-corrected chi connectivity index (χ2v) is 4.81. The summed E-state index contributed by atoms with van der Waals surface area (Å²) in [7, 11) is 0. The normalized spacial score (nSPS) is 12.4. The van der Waals surface area contributed by atoms with Crippen molar-refractivity contribution < 1.29 is 8.78 Å². The molecule has 88 valence electrons. The minimum absolute atomic E-state index is 0.0426. The van der Waals surface area contributed by atoms with Crippen LogP contribution in [0.15, 0.2) is 42.7 Å². The summed E-state index contributed by atoms with van der Waals surface area (Å²) in [5, 5.41) is 0. The van der Waals surface area contributed by atoms with Gasteiger partial charge in [-0.15, -0.1) is 0 Å². The molecule has 0 saturated carbocycles. The lowest BCUT2D eigenvalue weighted by atomic mass is 10.1. The van der Waals surface area contributed by atoms with Crippen LogP contribution in [0.5, 0.6) is 0 Å². The van der Waals surface area contributed by atoms with Crippen molar-refractivity contribution in [1.82, 2.24) is 4.98 Å². The molecule has 2 aromatic rings. The maximum Gasteiger partial charge on any atom is 0.159 e. The van der Waals surface area contributed by atoms with Gasteiger partial charge in [0.05, 0.1) is 0 Å². The highest BCUT2D eigenvalue weighted by Crippen LogP contribution is 2.26. The summed E-state index contributed by atoms with van der Waals surface area (Å²) in [5.74, 6) is -1.63. The van der Waals surface area contributed by atoms with Crippen LogP contribution in [0, 0.1) is 11.6 Å². The predicted octanol–water partition coefficient (Wildman–Crippen LogP) is 4.04. The molecule has 0 fully saturated rings. The highest BCUT2D eigenvalue weighted by atomic mass is 79.9. The van der Waals surface area contributed by atoms with Crippen molar-refractivity contribution in [3.8, 4) is 0 Å². The van der Waals surface area contributed by atoms with Crippen LogP contribution in [0.1, 0.15) is 16.0 Å². The zero-order chi connectivity index (χ0) is 12.3. The molecule has 0 amide bonds. The molecule has 0 aliphatic heterocycles. The van der Waals surface area contributed by atoms with E-state index in [4.69, 9.17) is 0 Å². The highest BCUT2D eigenvalue weighted by molar-refractivity contribution is 9.09. The Morgan fingerprint density at radius 2 is 2.00 bits per heavy atom. The monoisotopic (exact) mass is 297 g/mol. The van der Waals surface area contributed by atoms with Gasteiger partial charge in [0.25, 0.3) is 0 Å². The summed E-state index contributed by atoms with van der Waals surface area (Å²) in [6.45, 7) is 0. The van der Waals surface area contributed by atoms with Gasteiger partial charge in [-0.05, 0) is 35.7 Å². The van der Waals surface area contributed by atoms with Gasteiger partial charge >= 0.3 is 0 Å². The Morgan fingerprint density at radius 3 is 2.65 bits per heavy atom. The van der Waals surface area contributed by atoms with Crippen LogP contribution in [-0.4, -0.2) is 4.98 Å². The smallest absolute Gasteiger partial charge is 0.159 e. The SMILES string of the molecule is Fc1ccc(CC(Br)c2cccnc2)cc1F. The molecule has 1 unspecified atom stereocenters. The van der Waals surface area contributed by atoms with E-state index in [1.54, 1.807) is 18.5 Å². The fourth-order valence-corrected chi connectivity index (χ4v) is 2.20. The number of hydrogen-bond acceptors (Lipinski definition) is 1. The maximum absolute atomic E-state index is 13.0. The molecule has 0 spiro atoms. The molecule has 17 heavy (non-hydrogen) atoms. The first-order chi connectivity index (χ1) is 8.16. The van der Waals surface area contributed by atoms with Crippen molar-refractivity contribution in [2.45, 2.75) is 11.2 Å². The van der Waals surface area contributed by atoms with Crippen LogP contribution in [0.2, 0.25) is 0 Å². The van der Waals surface area contributed by atoms with E-state index in [0.717, 1.165) is 17.2 Å². The third-order valence-electron chi connectivity index (χ3n) is 2.45. The van der Waals surface area contributed by atoms with Gasteiger partial charge in [0.15, 0.2) is 11.6 Å². The summed E-state index contributed by atoms with van der Waals surface area (Å²) in [5.41, 5.74) is 1.76. The van der Waals surface area contributed by atoms with Crippen molar-refractivity contribution in [3.05, 3.63) is 65.5 Å². The van der Waals surface area contributed by atoms with Gasteiger partial charge in [-0.3, -0.25) is 4.98 Å². The van der Waals surface area contributed by atoms with Gasteiger partial charge in [0.2, 0.25) is 0 Å². The van der Waals surface area contributed by atoms with E-state index in [-0.39, 0.29) is 4.83 Å². The number of halogens is 3. The highest BCUT2D eigenvalue weighted by Gasteiger charge is 2.10. The number of hydrogen-bond donors (Lipinski definition) is 0. The average molecular weight is 298 g/mol. The number of rotatable bonds is 3. The second-order valence-electron chi connectivity index (χ2n) is 3.71. The Balaban J connectivity index is 2.13. The van der Waals surface area contributed by atoms with Crippen molar-refractivity contribution in [1.29, 1.82) is 0 Å². The van der Waals surface area contributed by atoms with E-state index in [9.17, 15) is 8.78 Å². The zero-order valence-electron chi connectivity index (χ0n) is 8.91. The van der Waals surface area contributed by atoms with Crippen LogP contribution in [0.25, 0.3) is 0 Å². The maximum atomic E-state index is 13.0. The Labute approximate surface area is 107 Å². The van der Waals surface area contributed by atoms with Gasteiger partial charge in [-0.1, -0.05) is 28.1 Å². The number of pyridine rings is 1. The molecule has 0 saturated heterocycles. The molecule has 1 atom stereocenters. The second kappa shape index (κ2) is 5.36. The van der Waals surface area contributed by atoms with Crippen LogP contribution >= 0.6 is 15.9 Å². The topological polar surface area (TPSA) is 12.9 Å². The summed E-state index contributed by atoms with van der Waals surface area (Å²) in [4.78, 5) is 4.06. The first kappa shape index (κ1) is 12.2. The zero-order valence-corrected chi connectivity index (χ0v) is 10.5. The van der Waals surface area contributed by atoms with E-state index in [0.29, 0.717) is 6.42 Å². The molecule has 1 aromatic carbocycles. The summed E-state index contributed by atoms with van der Waals surface area (Å²) >= 11 is 3.51. The number of aromatic nitrogens is 1. The minimum Gasteiger partial charge on any atom is -0.264 e. The van der Waals surface area contributed by atoms with Crippen LogP contribution in [0.4, 0.5) is 8.78 Å². The number of alkyl halides is 1. The Morgan fingerprint density at radius 1 is 1.18 bits per heavy atom. The summed E-state index contributed by atoms with van der Waals surface area (Å²) in [6.07, 6.45) is 4.03. The molecule has 0 bridgehead atoms. The summed E-state index contributed by atoms with van der Waals surface area (Å²) < 4.78 is 25.8. The van der Waals surface area contributed by atoms with E-state index in [1.807, 2.05) is 12.1 Å². The molecule has 0 aliphatic rings. The number of benzene rings is 1. The molecular weight excluding hydrogens is 288 g/mol. The first-order valence-corrected chi connectivity index (χ1v) is 6.06. The van der Waals surface area contributed by atoms with Gasteiger partial charge in [0.1, 0.15) is 0 Å². The Kier molecular flexibility index (Phi) is 3.84. The van der Waals surface area contributed by atoms with Crippen molar-refractivity contribution in [2.75, 3.05) is 0 Å². The molecule has 1 nitrogen and oxygen atoms in total. The lowest BCUT2D eigenvalue weighted by Crippen LogP contribution is -1.97. The number of nitrogens with zero attached hydrogens (tertiary/aromatic N) is 1. The lowest BCUT2D eigenvalue weighted by Gasteiger charge is -2.09. The third-order valence-corrected chi connectivity index (χ3v) is 3.30. The molecule has 2 rings (SSSR count). The van der Waals surface area contributed by atoms with Gasteiger partial charge in [-0.2, -0.15) is 0 Å². The largest absolute Gasteiger partial charge is 0.264 e. The molecule has 0 radical (unpaired) electrons. The van der Waals surface area contributed by atoms with E-state index in [2.05, 4.69) is 20.9 Å². The molecule has 4 heteroatoms. The minimum atomic E-state index is -0.818. The van der Waals surface area contributed by atoms with Crippen molar-refractivity contribution in [3.63, 3.8) is 0 Å². The predicted molar refractivity (Wildman–Crippen MR) is 66.0 cm³/mol. The fraction of sp³-hybridized carbons (Fsp3) is 0.154. The Hall–Kier alpha value is -1.29. The molecule has 1 aromatic heterocycles. The lowest BCUT2D eigenvalue weighted by molar-refractivity contribution is 0.507. The molecule has 1 heterocycles.